The largest absolute Gasteiger partial charge is 0.354 e. The van der Waals surface area contributed by atoms with Crippen LogP contribution >= 0.6 is 11.6 Å². The summed E-state index contributed by atoms with van der Waals surface area (Å²) in [6, 6.07) is 13.1. The van der Waals surface area contributed by atoms with E-state index in [-0.39, 0.29) is 36.4 Å². The minimum atomic E-state index is -3.91. The molecule has 0 aromatic heterocycles. The van der Waals surface area contributed by atoms with Crippen LogP contribution in [-0.4, -0.2) is 61.7 Å². The number of carbonyl (C=O) groups excluding carboxylic acids is 2. The second-order valence-electron chi connectivity index (χ2n) is 8.49. The zero-order valence-electron chi connectivity index (χ0n) is 19.1. The Bertz CT molecular complexity index is 1090. The number of benzene rings is 2. The predicted molar refractivity (Wildman–Crippen MR) is 129 cm³/mol. The summed E-state index contributed by atoms with van der Waals surface area (Å²) in [4.78, 5) is 26.7. The normalized spacial score (nSPS) is 17.2. The fourth-order valence-corrected chi connectivity index (χ4v) is 5.51. The van der Waals surface area contributed by atoms with Gasteiger partial charge in [0, 0.05) is 38.1 Å². The van der Waals surface area contributed by atoms with Gasteiger partial charge in [-0.05, 0) is 47.7 Å². The molecule has 9 heteroatoms. The second kappa shape index (κ2) is 10.7. The third-order valence-corrected chi connectivity index (χ3v) is 8.03. The molecule has 1 aliphatic rings. The number of hydrogen-bond donors (Lipinski definition) is 1. The standard InChI is InChI=1S/C24H30ClN3O4S/c1-17(2)20-6-10-22(11-7-20)33(31,32)28-15-14-27(18(3)29)16-23(28)24(30)26-13-12-19-4-8-21(25)9-5-19/h4-11,17,23H,12-16H2,1-3H3,(H,26,30)/t23-/m1/s1. The van der Waals surface area contributed by atoms with Gasteiger partial charge in [-0.2, -0.15) is 4.31 Å². The van der Waals surface area contributed by atoms with Gasteiger partial charge in [-0.25, -0.2) is 8.42 Å². The molecule has 0 radical (unpaired) electrons. The average molecular weight is 492 g/mol. The van der Waals surface area contributed by atoms with Crippen LogP contribution in [0.2, 0.25) is 5.02 Å². The molecule has 1 aliphatic heterocycles. The lowest BCUT2D eigenvalue weighted by molar-refractivity contribution is -0.134. The average Bonchev–Trinajstić information content (AvgIpc) is 2.79. The van der Waals surface area contributed by atoms with Crippen molar-refractivity contribution in [3.8, 4) is 0 Å². The smallest absolute Gasteiger partial charge is 0.243 e. The first-order chi connectivity index (χ1) is 15.6. The molecule has 1 N–H and O–H groups in total. The lowest BCUT2D eigenvalue weighted by atomic mass is 10.0. The number of halogens is 1. The highest BCUT2D eigenvalue weighted by Gasteiger charge is 2.40. The molecule has 1 heterocycles. The quantitative estimate of drug-likeness (QED) is 0.645. The SMILES string of the molecule is CC(=O)N1CCN(S(=O)(=O)c2ccc(C(C)C)cc2)[C@@H](C(=O)NCCc2ccc(Cl)cc2)C1. The topological polar surface area (TPSA) is 86.8 Å². The zero-order chi connectivity index (χ0) is 24.2. The van der Waals surface area contributed by atoms with Crippen LogP contribution in [0.1, 0.15) is 37.8 Å². The molecular weight excluding hydrogens is 462 g/mol. The summed E-state index contributed by atoms with van der Waals surface area (Å²) in [5, 5.41) is 3.47. The first-order valence-electron chi connectivity index (χ1n) is 11.0. The van der Waals surface area contributed by atoms with E-state index in [0.717, 1.165) is 11.1 Å². The van der Waals surface area contributed by atoms with Gasteiger partial charge in [0.2, 0.25) is 21.8 Å². The molecule has 0 bridgehead atoms. The zero-order valence-corrected chi connectivity index (χ0v) is 20.7. The molecule has 0 aliphatic carbocycles. The number of rotatable bonds is 7. The highest BCUT2D eigenvalue weighted by Crippen LogP contribution is 2.24. The number of hydrogen-bond acceptors (Lipinski definition) is 4. The van der Waals surface area contributed by atoms with Crippen molar-refractivity contribution in [1.29, 1.82) is 0 Å². The first kappa shape index (κ1) is 25.2. The van der Waals surface area contributed by atoms with Crippen molar-refractivity contribution in [3.05, 3.63) is 64.7 Å². The molecule has 0 spiro atoms. The summed E-state index contributed by atoms with van der Waals surface area (Å²) in [6.07, 6.45) is 0.579. The molecule has 3 rings (SSSR count). The Balaban J connectivity index is 1.77. The van der Waals surface area contributed by atoms with Gasteiger partial charge in [0.1, 0.15) is 6.04 Å². The lowest BCUT2D eigenvalue weighted by Gasteiger charge is -2.39. The van der Waals surface area contributed by atoms with Crippen LogP contribution in [-0.2, 0) is 26.0 Å². The van der Waals surface area contributed by atoms with Gasteiger partial charge in [0.25, 0.3) is 0 Å². The Hall–Kier alpha value is -2.42. The van der Waals surface area contributed by atoms with E-state index in [2.05, 4.69) is 5.32 Å². The highest BCUT2D eigenvalue weighted by atomic mass is 35.5. The Labute approximate surface area is 200 Å². The Morgan fingerprint density at radius 3 is 2.27 bits per heavy atom. The van der Waals surface area contributed by atoms with Crippen molar-refractivity contribution in [2.24, 2.45) is 0 Å². The van der Waals surface area contributed by atoms with E-state index >= 15 is 0 Å². The van der Waals surface area contributed by atoms with Crippen LogP contribution in [0.15, 0.2) is 53.4 Å². The number of sulfonamides is 1. The molecule has 0 unspecified atom stereocenters. The fraction of sp³-hybridized carbons (Fsp3) is 0.417. The van der Waals surface area contributed by atoms with Gasteiger partial charge in [-0.15, -0.1) is 0 Å². The number of amides is 2. The van der Waals surface area contributed by atoms with Crippen molar-refractivity contribution in [3.63, 3.8) is 0 Å². The Morgan fingerprint density at radius 1 is 1.06 bits per heavy atom. The maximum atomic E-state index is 13.4. The Kier molecular flexibility index (Phi) is 8.15. The van der Waals surface area contributed by atoms with Gasteiger partial charge in [-0.1, -0.05) is 49.7 Å². The Morgan fingerprint density at radius 2 is 1.70 bits per heavy atom. The molecule has 2 aromatic carbocycles. The third-order valence-electron chi connectivity index (χ3n) is 5.86. The van der Waals surface area contributed by atoms with Gasteiger partial charge < -0.3 is 10.2 Å². The van der Waals surface area contributed by atoms with E-state index in [1.54, 1.807) is 36.4 Å². The van der Waals surface area contributed by atoms with E-state index in [1.165, 1.54) is 16.1 Å². The maximum Gasteiger partial charge on any atom is 0.243 e. The summed E-state index contributed by atoms with van der Waals surface area (Å²) in [5.41, 5.74) is 2.04. The summed E-state index contributed by atoms with van der Waals surface area (Å²) < 4.78 is 28.1. The van der Waals surface area contributed by atoms with E-state index in [1.807, 2.05) is 26.0 Å². The van der Waals surface area contributed by atoms with Crippen molar-refractivity contribution < 1.29 is 18.0 Å². The summed E-state index contributed by atoms with van der Waals surface area (Å²) in [5.74, 6) is -0.329. The monoisotopic (exact) mass is 491 g/mol. The molecule has 7 nitrogen and oxygen atoms in total. The molecule has 33 heavy (non-hydrogen) atoms. The molecule has 1 atom stereocenters. The molecule has 2 aromatic rings. The van der Waals surface area contributed by atoms with Crippen LogP contribution in [0.5, 0.6) is 0 Å². The van der Waals surface area contributed by atoms with Crippen molar-refractivity contribution in [2.45, 2.75) is 44.0 Å². The summed E-state index contributed by atoms with van der Waals surface area (Å²) >= 11 is 5.91. The number of nitrogens with zero attached hydrogens (tertiary/aromatic N) is 2. The number of piperazine rings is 1. The van der Waals surface area contributed by atoms with Crippen LogP contribution in [0.4, 0.5) is 0 Å². The van der Waals surface area contributed by atoms with Gasteiger partial charge in [0.15, 0.2) is 0 Å². The van der Waals surface area contributed by atoms with Crippen LogP contribution in [0.25, 0.3) is 0 Å². The van der Waals surface area contributed by atoms with Gasteiger partial charge in [0.05, 0.1) is 4.90 Å². The predicted octanol–water partition coefficient (Wildman–Crippen LogP) is 3.04. The maximum absolute atomic E-state index is 13.4. The molecule has 1 saturated heterocycles. The van der Waals surface area contributed by atoms with E-state index < -0.39 is 22.0 Å². The lowest BCUT2D eigenvalue weighted by Crippen LogP contribution is -2.61. The minimum absolute atomic E-state index is 0.0193. The van der Waals surface area contributed by atoms with E-state index in [9.17, 15) is 18.0 Å². The fourth-order valence-electron chi connectivity index (χ4n) is 3.81. The highest BCUT2D eigenvalue weighted by molar-refractivity contribution is 7.89. The molecular formula is C24H30ClN3O4S. The molecule has 178 valence electrons. The van der Waals surface area contributed by atoms with E-state index in [0.29, 0.717) is 18.0 Å². The van der Waals surface area contributed by atoms with Crippen molar-refractivity contribution in [2.75, 3.05) is 26.2 Å². The number of nitrogens with one attached hydrogen (secondary N) is 1. The van der Waals surface area contributed by atoms with Gasteiger partial charge >= 0.3 is 0 Å². The number of carbonyl (C=O) groups is 2. The van der Waals surface area contributed by atoms with Crippen LogP contribution < -0.4 is 5.32 Å². The third kappa shape index (κ3) is 6.13. The molecule has 2 amide bonds. The van der Waals surface area contributed by atoms with Crippen molar-refractivity contribution >= 4 is 33.4 Å². The molecule has 0 saturated carbocycles. The first-order valence-corrected chi connectivity index (χ1v) is 12.8. The van der Waals surface area contributed by atoms with Crippen molar-refractivity contribution in [1.82, 2.24) is 14.5 Å². The summed E-state index contributed by atoms with van der Waals surface area (Å²) in [7, 11) is -3.91. The van der Waals surface area contributed by atoms with E-state index in [4.69, 9.17) is 11.6 Å². The summed E-state index contributed by atoms with van der Waals surface area (Å²) in [6.45, 7) is 6.16. The van der Waals surface area contributed by atoms with Crippen LogP contribution in [0, 0.1) is 0 Å². The minimum Gasteiger partial charge on any atom is -0.354 e. The second-order valence-corrected chi connectivity index (χ2v) is 10.8. The molecule has 1 fully saturated rings. The van der Waals surface area contributed by atoms with Gasteiger partial charge in [-0.3, -0.25) is 9.59 Å². The van der Waals surface area contributed by atoms with Crippen LogP contribution in [0.3, 0.4) is 0 Å².